The highest BCUT2D eigenvalue weighted by Gasteiger charge is 2.14. The third kappa shape index (κ3) is 4.10. The molecule has 2 atom stereocenters. The maximum atomic E-state index is 11.8. The minimum absolute atomic E-state index is 0.0203. The van der Waals surface area contributed by atoms with Gasteiger partial charge in [0.1, 0.15) is 12.2 Å². The Kier molecular flexibility index (Phi) is 5.77. The third-order valence-electron chi connectivity index (χ3n) is 3.00. The molecule has 0 bridgehead atoms. The Labute approximate surface area is 108 Å². The van der Waals surface area contributed by atoms with Crippen LogP contribution in [0.25, 0.3) is 0 Å². The van der Waals surface area contributed by atoms with Crippen molar-refractivity contribution in [1.29, 1.82) is 0 Å². The second-order valence-electron chi connectivity index (χ2n) is 4.45. The predicted octanol–water partition coefficient (Wildman–Crippen LogP) is 0.691. The Morgan fingerprint density at radius 2 is 2.17 bits per heavy atom. The Morgan fingerprint density at radius 3 is 2.78 bits per heavy atom. The molecule has 1 rings (SSSR count). The van der Waals surface area contributed by atoms with Crippen molar-refractivity contribution in [2.75, 3.05) is 0 Å². The number of carbonyl (C=O) groups is 1. The van der Waals surface area contributed by atoms with E-state index in [1.54, 1.807) is 6.33 Å². The van der Waals surface area contributed by atoms with Gasteiger partial charge in [0, 0.05) is 12.6 Å². The monoisotopic (exact) mass is 253 g/mol. The van der Waals surface area contributed by atoms with Crippen molar-refractivity contribution in [1.82, 2.24) is 25.4 Å². The number of carbonyl (C=O) groups excluding carboxylic acids is 1. The zero-order valence-electron chi connectivity index (χ0n) is 11.6. The summed E-state index contributed by atoms with van der Waals surface area (Å²) in [4.78, 5) is 11.8. The molecule has 2 unspecified atom stereocenters. The first-order valence-electron chi connectivity index (χ1n) is 6.48. The number of aryl methyl sites for hydroxylation is 1. The normalized spacial score (nSPS) is 14.2. The zero-order valence-corrected chi connectivity index (χ0v) is 11.6. The molecule has 0 saturated heterocycles. The van der Waals surface area contributed by atoms with Crippen molar-refractivity contribution >= 4 is 5.91 Å². The first-order valence-corrected chi connectivity index (χ1v) is 6.48. The maximum Gasteiger partial charge on any atom is 0.237 e. The van der Waals surface area contributed by atoms with E-state index in [4.69, 9.17) is 0 Å². The Balaban J connectivity index is 2.41. The van der Waals surface area contributed by atoms with Crippen LogP contribution in [-0.4, -0.2) is 32.8 Å². The van der Waals surface area contributed by atoms with Gasteiger partial charge in [-0.15, -0.1) is 10.2 Å². The zero-order chi connectivity index (χ0) is 13.5. The van der Waals surface area contributed by atoms with Gasteiger partial charge in [0.2, 0.25) is 5.91 Å². The largest absolute Gasteiger partial charge is 0.352 e. The number of hydrogen-bond donors (Lipinski definition) is 2. The Bertz CT molecular complexity index is 376. The van der Waals surface area contributed by atoms with Crippen LogP contribution in [0.1, 0.15) is 39.9 Å². The van der Waals surface area contributed by atoms with Crippen LogP contribution in [0.2, 0.25) is 0 Å². The molecule has 6 nitrogen and oxygen atoms in total. The van der Waals surface area contributed by atoms with E-state index in [1.807, 2.05) is 32.3 Å². The van der Waals surface area contributed by atoms with Gasteiger partial charge in [0.15, 0.2) is 0 Å². The second kappa shape index (κ2) is 7.10. The number of aromatic nitrogens is 3. The first kappa shape index (κ1) is 14.6. The van der Waals surface area contributed by atoms with E-state index >= 15 is 0 Å². The predicted molar refractivity (Wildman–Crippen MR) is 69.9 cm³/mol. The van der Waals surface area contributed by atoms with Gasteiger partial charge < -0.3 is 9.88 Å². The number of nitrogens with zero attached hydrogens (tertiary/aromatic N) is 3. The standard InChI is InChI=1S/C12H23N5O/c1-5-9(3)15-12(18)10(4)13-7-11-16-14-8-17(11)6-2/h8-10,13H,5-7H2,1-4H3,(H,15,18). The molecule has 0 aromatic carbocycles. The number of rotatable bonds is 7. The molecule has 0 aliphatic rings. The Morgan fingerprint density at radius 1 is 1.44 bits per heavy atom. The lowest BCUT2D eigenvalue weighted by Crippen LogP contribution is -2.45. The van der Waals surface area contributed by atoms with Gasteiger partial charge in [-0.2, -0.15) is 0 Å². The molecule has 2 N–H and O–H groups in total. The molecular weight excluding hydrogens is 230 g/mol. The summed E-state index contributed by atoms with van der Waals surface area (Å²) in [5.74, 6) is 0.868. The molecule has 0 aliphatic heterocycles. The molecule has 1 amide bonds. The molecule has 6 heteroatoms. The minimum atomic E-state index is -0.235. The summed E-state index contributed by atoms with van der Waals surface area (Å²) in [5, 5.41) is 14.0. The number of hydrogen-bond acceptors (Lipinski definition) is 4. The molecule has 1 heterocycles. The van der Waals surface area contributed by atoms with Crippen LogP contribution in [0, 0.1) is 0 Å². The molecule has 0 fully saturated rings. The maximum absolute atomic E-state index is 11.8. The molecular formula is C12H23N5O. The van der Waals surface area contributed by atoms with E-state index in [9.17, 15) is 4.79 Å². The first-order chi connectivity index (χ1) is 8.58. The van der Waals surface area contributed by atoms with Crippen LogP contribution in [0.15, 0.2) is 6.33 Å². The van der Waals surface area contributed by atoms with Gasteiger partial charge in [-0.1, -0.05) is 6.92 Å². The van der Waals surface area contributed by atoms with E-state index in [2.05, 4.69) is 20.8 Å². The number of amides is 1. The minimum Gasteiger partial charge on any atom is -0.352 e. The van der Waals surface area contributed by atoms with E-state index in [0.29, 0.717) is 6.54 Å². The van der Waals surface area contributed by atoms with Gasteiger partial charge in [0.25, 0.3) is 0 Å². The lowest BCUT2D eigenvalue weighted by atomic mass is 10.2. The van der Waals surface area contributed by atoms with Gasteiger partial charge in [-0.3, -0.25) is 10.1 Å². The average molecular weight is 253 g/mol. The van der Waals surface area contributed by atoms with Crippen LogP contribution < -0.4 is 10.6 Å². The van der Waals surface area contributed by atoms with Gasteiger partial charge in [-0.25, -0.2) is 0 Å². The van der Waals surface area contributed by atoms with Crippen LogP contribution in [0.3, 0.4) is 0 Å². The highest BCUT2D eigenvalue weighted by Crippen LogP contribution is 1.96. The molecule has 102 valence electrons. The van der Waals surface area contributed by atoms with Gasteiger partial charge in [-0.05, 0) is 27.2 Å². The van der Waals surface area contributed by atoms with Crippen LogP contribution in [0.5, 0.6) is 0 Å². The highest BCUT2D eigenvalue weighted by molar-refractivity contribution is 5.81. The van der Waals surface area contributed by atoms with Crippen molar-refractivity contribution in [3.63, 3.8) is 0 Å². The summed E-state index contributed by atoms with van der Waals surface area (Å²) in [7, 11) is 0. The summed E-state index contributed by atoms with van der Waals surface area (Å²) in [5.41, 5.74) is 0. The summed E-state index contributed by atoms with van der Waals surface area (Å²) < 4.78 is 1.95. The summed E-state index contributed by atoms with van der Waals surface area (Å²) in [6, 6.07) is -0.0259. The van der Waals surface area contributed by atoms with E-state index in [1.165, 1.54) is 0 Å². The van der Waals surface area contributed by atoms with Crippen LogP contribution in [0.4, 0.5) is 0 Å². The van der Waals surface area contributed by atoms with E-state index in [0.717, 1.165) is 18.8 Å². The lowest BCUT2D eigenvalue weighted by Gasteiger charge is -2.17. The van der Waals surface area contributed by atoms with Gasteiger partial charge >= 0.3 is 0 Å². The summed E-state index contributed by atoms with van der Waals surface area (Å²) >= 11 is 0. The van der Waals surface area contributed by atoms with Crippen molar-refractivity contribution in [2.45, 2.75) is 59.3 Å². The second-order valence-corrected chi connectivity index (χ2v) is 4.45. The van der Waals surface area contributed by atoms with Crippen LogP contribution in [-0.2, 0) is 17.9 Å². The fourth-order valence-corrected chi connectivity index (χ4v) is 1.49. The lowest BCUT2D eigenvalue weighted by molar-refractivity contribution is -0.123. The fraction of sp³-hybridized carbons (Fsp3) is 0.750. The van der Waals surface area contributed by atoms with Crippen molar-refractivity contribution in [3.05, 3.63) is 12.2 Å². The topological polar surface area (TPSA) is 71.8 Å². The fourth-order valence-electron chi connectivity index (χ4n) is 1.49. The molecule has 1 aromatic heterocycles. The molecule has 0 radical (unpaired) electrons. The highest BCUT2D eigenvalue weighted by atomic mass is 16.2. The molecule has 1 aromatic rings. The Hall–Kier alpha value is -1.43. The van der Waals surface area contributed by atoms with Crippen LogP contribution >= 0.6 is 0 Å². The third-order valence-corrected chi connectivity index (χ3v) is 3.00. The summed E-state index contributed by atoms with van der Waals surface area (Å²) in [6.07, 6.45) is 2.63. The van der Waals surface area contributed by atoms with E-state index in [-0.39, 0.29) is 18.0 Å². The smallest absolute Gasteiger partial charge is 0.237 e. The quantitative estimate of drug-likeness (QED) is 0.750. The van der Waals surface area contributed by atoms with Gasteiger partial charge in [0.05, 0.1) is 12.6 Å². The van der Waals surface area contributed by atoms with Crippen molar-refractivity contribution in [2.24, 2.45) is 0 Å². The molecule has 0 spiro atoms. The van der Waals surface area contributed by atoms with Crippen molar-refractivity contribution in [3.8, 4) is 0 Å². The molecule has 18 heavy (non-hydrogen) atoms. The van der Waals surface area contributed by atoms with Crippen molar-refractivity contribution < 1.29 is 4.79 Å². The SMILES string of the molecule is CCC(C)NC(=O)C(C)NCc1nncn1CC. The summed E-state index contributed by atoms with van der Waals surface area (Å²) in [6.45, 7) is 9.31. The average Bonchev–Trinajstić information content (AvgIpc) is 2.82. The molecule has 0 aliphatic carbocycles. The number of nitrogens with one attached hydrogen (secondary N) is 2. The van der Waals surface area contributed by atoms with E-state index < -0.39 is 0 Å². The molecule has 0 saturated carbocycles.